The van der Waals surface area contributed by atoms with Crippen LogP contribution in [0.5, 0.6) is 0 Å². The van der Waals surface area contributed by atoms with E-state index in [4.69, 9.17) is 9.73 Å². The third-order valence-corrected chi connectivity index (χ3v) is 7.32. The standard InChI is InChI=1S/C25H27N5O3S/c1-7-18(25(32)33-6)22-23-29-28-15(5)30(23)24-20(13(3)14(4)34-24)21(27-22)16-9-11-17(12-10-16)26-19(31)8-2/h8-12,18,22H,2,7H2,1,3-6H3,(H,26,31). The van der Waals surface area contributed by atoms with Gasteiger partial charge in [0.1, 0.15) is 16.9 Å². The molecule has 0 fully saturated rings. The van der Waals surface area contributed by atoms with Gasteiger partial charge in [0, 0.05) is 21.7 Å². The van der Waals surface area contributed by atoms with Crippen molar-refractivity contribution in [1.29, 1.82) is 0 Å². The second kappa shape index (κ2) is 9.34. The Morgan fingerprint density at radius 3 is 2.56 bits per heavy atom. The third-order valence-electron chi connectivity index (χ3n) is 6.13. The van der Waals surface area contributed by atoms with Crippen LogP contribution in [0.4, 0.5) is 5.69 Å². The highest BCUT2D eigenvalue weighted by atomic mass is 32.1. The first-order valence-electron chi connectivity index (χ1n) is 11.0. The number of nitrogens with one attached hydrogen (secondary N) is 1. The lowest BCUT2D eigenvalue weighted by molar-refractivity contribution is -0.146. The minimum atomic E-state index is -0.562. The third kappa shape index (κ3) is 3.96. The lowest BCUT2D eigenvalue weighted by Crippen LogP contribution is -2.24. The Morgan fingerprint density at radius 1 is 1.24 bits per heavy atom. The van der Waals surface area contributed by atoms with Gasteiger partial charge in [0.05, 0.1) is 18.7 Å². The summed E-state index contributed by atoms with van der Waals surface area (Å²) in [6.07, 6.45) is 1.77. The molecule has 1 N–H and O–H groups in total. The van der Waals surface area contributed by atoms with E-state index in [1.807, 2.05) is 42.7 Å². The monoisotopic (exact) mass is 477 g/mol. The number of thiophene rings is 1. The number of methoxy groups -OCH3 is 1. The SMILES string of the molecule is C=CC(=O)Nc1ccc(C2=NC(C(CC)C(=O)OC)c3nnc(C)n3-c3sc(C)c(C)c32)cc1. The number of aryl methyl sites for hydroxylation is 2. The van der Waals surface area contributed by atoms with Crippen LogP contribution in [-0.4, -0.2) is 39.5 Å². The second-order valence-corrected chi connectivity index (χ2v) is 9.34. The van der Waals surface area contributed by atoms with E-state index in [0.29, 0.717) is 17.9 Å². The van der Waals surface area contributed by atoms with Gasteiger partial charge in [0.25, 0.3) is 0 Å². The van der Waals surface area contributed by atoms with Gasteiger partial charge in [-0.2, -0.15) is 0 Å². The van der Waals surface area contributed by atoms with Crippen molar-refractivity contribution in [2.45, 2.75) is 40.2 Å². The number of ether oxygens (including phenoxy) is 1. The second-order valence-electron chi connectivity index (χ2n) is 8.14. The molecule has 1 amide bonds. The number of aromatic nitrogens is 3. The summed E-state index contributed by atoms with van der Waals surface area (Å²) in [7, 11) is 1.39. The lowest BCUT2D eigenvalue weighted by atomic mass is 9.95. The van der Waals surface area contributed by atoms with Gasteiger partial charge >= 0.3 is 5.97 Å². The van der Waals surface area contributed by atoms with E-state index in [-0.39, 0.29) is 11.9 Å². The number of hydrogen-bond acceptors (Lipinski definition) is 7. The van der Waals surface area contributed by atoms with E-state index >= 15 is 0 Å². The molecule has 2 unspecified atom stereocenters. The smallest absolute Gasteiger partial charge is 0.311 e. The van der Waals surface area contributed by atoms with Gasteiger partial charge < -0.3 is 10.1 Å². The summed E-state index contributed by atoms with van der Waals surface area (Å²) in [5.41, 5.74) is 4.42. The van der Waals surface area contributed by atoms with Crippen molar-refractivity contribution >= 4 is 34.6 Å². The molecule has 0 saturated heterocycles. The first kappa shape index (κ1) is 23.6. The minimum absolute atomic E-state index is 0.275. The maximum Gasteiger partial charge on any atom is 0.311 e. The molecule has 1 aliphatic heterocycles. The van der Waals surface area contributed by atoms with Crippen molar-refractivity contribution in [2.75, 3.05) is 12.4 Å². The van der Waals surface area contributed by atoms with Crippen LogP contribution in [0.1, 0.15) is 52.6 Å². The summed E-state index contributed by atoms with van der Waals surface area (Å²) >= 11 is 1.66. The Bertz CT molecular complexity index is 1300. The molecule has 9 heteroatoms. The predicted octanol–water partition coefficient (Wildman–Crippen LogP) is 4.47. The van der Waals surface area contributed by atoms with E-state index < -0.39 is 12.0 Å². The number of carbonyl (C=O) groups is 2. The highest BCUT2D eigenvalue weighted by molar-refractivity contribution is 7.15. The number of carbonyl (C=O) groups excluding carboxylic acids is 2. The van der Waals surface area contributed by atoms with Crippen LogP contribution < -0.4 is 5.32 Å². The first-order valence-corrected chi connectivity index (χ1v) is 11.8. The van der Waals surface area contributed by atoms with Crippen molar-refractivity contribution in [3.05, 3.63) is 70.1 Å². The molecule has 2 aromatic heterocycles. The molecule has 0 spiro atoms. The zero-order valence-corrected chi connectivity index (χ0v) is 20.7. The molecule has 176 valence electrons. The van der Waals surface area contributed by atoms with Crippen molar-refractivity contribution in [2.24, 2.45) is 10.9 Å². The average molecular weight is 478 g/mol. The minimum Gasteiger partial charge on any atom is -0.469 e. The van der Waals surface area contributed by atoms with E-state index in [9.17, 15) is 9.59 Å². The molecular weight excluding hydrogens is 450 g/mol. The molecule has 0 bridgehead atoms. The Morgan fingerprint density at radius 2 is 1.94 bits per heavy atom. The maximum atomic E-state index is 12.7. The van der Waals surface area contributed by atoms with Gasteiger partial charge in [-0.05, 0) is 51.0 Å². The van der Waals surface area contributed by atoms with Crippen molar-refractivity contribution in [1.82, 2.24) is 14.8 Å². The fourth-order valence-electron chi connectivity index (χ4n) is 4.19. The van der Waals surface area contributed by atoms with Crippen LogP contribution in [0, 0.1) is 26.7 Å². The van der Waals surface area contributed by atoms with Crippen molar-refractivity contribution in [3.63, 3.8) is 0 Å². The average Bonchev–Trinajstić information content (AvgIpc) is 3.31. The Balaban J connectivity index is 1.94. The van der Waals surface area contributed by atoms with E-state index in [1.54, 1.807) is 11.3 Å². The number of esters is 1. The molecule has 0 aliphatic carbocycles. The molecule has 2 atom stereocenters. The van der Waals surface area contributed by atoms with Gasteiger partial charge in [-0.15, -0.1) is 21.5 Å². The van der Waals surface area contributed by atoms with E-state index in [0.717, 1.165) is 33.2 Å². The number of anilines is 1. The van der Waals surface area contributed by atoms with Crippen LogP contribution in [0.3, 0.4) is 0 Å². The number of fused-ring (bicyclic) bond motifs is 3. The zero-order chi connectivity index (χ0) is 24.6. The van der Waals surface area contributed by atoms with Crippen molar-refractivity contribution in [3.8, 4) is 5.00 Å². The number of hydrogen-bond donors (Lipinski definition) is 1. The number of rotatable bonds is 6. The fraction of sp³-hybridized carbons (Fsp3) is 0.320. The number of aliphatic imine (C=N–C) groups is 1. The highest BCUT2D eigenvalue weighted by Gasteiger charge is 2.38. The van der Waals surface area contributed by atoms with Gasteiger partial charge in [-0.25, -0.2) is 0 Å². The van der Waals surface area contributed by atoms with Gasteiger partial charge in [-0.1, -0.05) is 25.6 Å². The topological polar surface area (TPSA) is 98.5 Å². The molecule has 3 aromatic rings. The van der Waals surface area contributed by atoms with Gasteiger partial charge in [0.2, 0.25) is 5.91 Å². The van der Waals surface area contributed by atoms with Gasteiger partial charge in [-0.3, -0.25) is 19.1 Å². The largest absolute Gasteiger partial charge is 0.469 e. The summed E-state index contributed by atoms with van der Waals surface area (Å²) in [5.74, 6) is 0.249. The molecule has 1 aliphatic rings. The van der Waals surface area contributed by atoms with Crippen LogP contribution >= 0.6 is 11.3 Å². The highest BCUT2D eigenvalue weighted by Crippen LogP contribution is 2.41. The lowest BCUT2D eigenvalue weighted by Gasteiger charge is -2.20. The zero-order valence-electron chi connectivity index (χ0n) is 19.9. The van der Waals surface area contributed by atoms with Crippen molar-refractivity contribution < 1.29 is 14.3 Å². The summed E-state index contributed by atoms with van der Waals surface area (Å²) < 4.78 is 7.13. The van der Waals surface area contributed by atoms with Crippen LogP contribution in [0.2, 0.25) is 0 Å². The van der Waals surface area contributed by atoms with E-state index in [1.165, 1.54) is 18.1 Å². The summed E-state index contributed by atoms with van der Waals surface area (Å²) in [6, 6.07) is 6.94. The van der Waals surface area contributed by atoms with E-state index in [2.05, 4.69) is 35.9 Å². The maximum absolute atomic E-state index is 12.7. The molecule has 3 heterocycles. The van der Waals surface area contributed by atoms with Crippen LogP contribution in [0.25, 0.3) is 5.00 Å². The summed E-state index contributed by atoms with van der Waals surface area (Å²) in [5, 5.41) is 12.5. The Labute approximate surface area is 202 Å². The number of nitrogens with zero attached hydrogens (tertiary/aromatic N) is 4. The van der Waals surface area contributed by atoms with Crippen LogP contribution in [0.15, 0.2) is 41.9 Å². The Kier molecular flexibility index (Phi) is 6.47. The Hall–Kier alpha value is -3.59. The summed E-state index contributed by atoms with van der Waals surface area (Å²) in [4.78, 5) is 30.7. The molecule has 4 rings (SSSR count). The number of amides is 1. The number of benzene rings is 1. The van der Waals surface area contributed by atoms with Crippen LogP contribution in [-0.2, 0) is 14.3 Å². The predicted molar refractivity (Wildman–Crippen MR) is 133 cm³/mol. The summed E-state index contributed by atoms with van der Waals surface area (Å²) in [6.45, 7) is 11.5. The molecule has 1 aromatic carbocycles. The molecule has 34 heavy (non-hydrogen) atoms. The normalized spacial score (nSPS) is 15.4. The molecule has 0 radical (unpaired) electrons. The first-order chi connectivity index (χ1) is 16.3. The molecule has 8 nitrogen and oxygen atoms in total. The fourth-order valence-corrected chi connectivity index (χ4v) is 5.41. The quantitative estimate of drug-likeness (QED) is 0.417. The molecular formula is C25H27N5O3S. The van der Waals surface area contributed by atoms with Gasteiger partial charge in [0.15, 0.2) is 5.82 Å². The molecule has 0 saturated carbocycles.